The molecule has 9 heteroatoms. The fourth-order valence-corrected chi connectivity index (χ4v) is 5.25. The second-order valence-electron chi connectivity index (χ2n) is 7.24. The van der Waals surface area contributed by atoms with Gasteiger partial charge >= 0.3 is 5.97 Å². The number of benzene rings is 2. The zero-order valence-electron chi connectivity index (χ0n) is 18.2. The molecule has 4 rings (SSSR count). The van der Waals surface area contributed by atoms with Crippen LogP contribution in [0.4, 0.5) is 0 Å². The van der Waals surface area contributed by atoms with Crippen molar-refractivity contribution in [3.05, 3.63) is 89.0 Å². The molecule has 1 N–H and O–H groups in total. The Hall–Kier alpha value is -3.17. The van der Waals surface area contributed by atoms with Crippen LogP contribution in [0.5, 0.6) is 11.5 Å². The van der Waals surface area contributed by atoms with Crippen LogP contribution in [0.3, 0.4) is 0 Å². The minimum absolute atomic E-state index is 0.0117. The van der Waals surface area contributed by atoms with Gasteiger partial charge in [-0.25, -0.2) is 9.79 Å². The molecule has 0 radical (unpaired) electrons. The summed E-state index contributed by atoms with van der Waals surface area (Å²) in [6, 6.07) is 11.9. The van der Waals surface area contributed by atoms with E-state index in [0.29, 0.717) is 42.8 Å². The van der Waals surface area contributed by atoms with Crippen LogP contribution in [0.15, 0.2) is 68.0 Å². The number of ether oxygens (including phenoxy) is 2. The Morgan fingerprint density at radius 3 is 2.64 bits per heavy atom. The molecule has 0 spiro atoms. The van der Waals surface area contributed by atoms with Gasteiger partial charge in [-0.05, 0) is 35.8 Å². The second-order valence-corrected chi connectivity index (χ2v) is 9.11. The maximum absolute atomic E-state index is 13.6. The molecule has 2 aromatic carbocycles. The summed E-state index contributed by atoms with van der Waals surface area (Å²) < 4.78 is 12.8. The molecule has 0 amide bonds. The lowest BCUT2D eigenvalue weighted by atomic mass is 9.95. The monoisotopic (exact) mass is 528 g/mol. The van der Waals surface area contributed by atoms with E-state index in [0.717, 1.165) is 5.56 Å². The molecular weight excluding hydrogens is 508 g/mol. The van der Waals surface area contributed by atoms with Gasteiger partial charge in [0.15, 0.2) is 16.3 Å². The van der Waals surface area contributed by atoms with E-state index in [1.54, 1.807) is 16.7 Å². The highest BCUT2D eigenvalue weighted by Gasteiger charge is 2.33. The van der Waals surface area contributed by atoms with E-state index in [1.807, 2.05) is 37.3 Å². The number of methoxy groups -OCH3 is 2. The lowest BCUT2D eigenvalue weighted by Crippen LogP contribution is -2.40. The van der Waals surface area contributed by atoms with Crippen LogP contribution < -0.4 is 19.6 Å². The summed E-state index contributed by atoms with van der Waals surface area (Å²) >= 11 is 4.67. The first kappa shape index (κ1) is 23.0. The van der Waals surface area contributed by atoms with Crippen LogP contribution in [0.1, 0.15) is 30.5 Å². The van der Waals surface area contributed by atoms with Gasteiger partial charge < -0.3 is 14.6 Å². The van der Waals surface area contributed by atoms with Gasteiger partial charge in [0.25, 0.3) is 5.56 Å². The number of allylic oxidation sites excluding steroid dienone is 1. The number of carbonyl (C=O) groups is 1. The maximum atomic E-state index is 13.6. The van der Waals surface area contributed by atoms with Crippen molar-refractivity contribution < 1.29 is 19.4 Å². The Kier molecular flexibility index (Phi) is 6.53. The molecule has 1 aliphatic rings. The van der Waals surface area contributed by atoms with Crippen LogP contribution in [0.25, 0.3) is 6.08 Å². The standard InChI is InChI=1S/C24H21BrN2O5S/c1-4-16-20(23(30)32-3)21(13-8-6-5-7-9-13)27-22(29)19(33-24(27)26-16)11-14-10-18(31-2)17(28)12-15(14)25/h5-12,21,28H,4H2,1-3H3/b19-11-/t21-/m1/s1. The van der Waals surface area contributed by atoms with Crippen molar-refractivity contribution in [2.24, 2.45) is 4.99 Å². The number of rotatable bonds is 5. The molecule has 3 aromatic rings. The van der Waals surface area contributed by atoms with Gasteiger partial charge in [0.1, 0.15) is 0 Å². The Bertz CT molecular complexity index is 1440. The first-order chi connectivity index (χ1) is 15.9. The number of phenolic OH excluding ortho intramolecular Hbond substituents is 1. The molecule has 2 heterocycles. The quantitative estimate of drug-likeness (QED) is 0.513. The third-order valence-corrected chi connectivity index (χ3v) is 7.02. The summed E-state index contributed by atoms with van der Waals surface area (Å²) in [6.07, 6.45) is 2.23. The number of halogens is 1. The SMILES string of the molecule is CCC1=C(C(=O)OC)[C@@H](c2ccccc2)n2c(s/c(=C\c3cc(OC)c(O)cc3Br)c2=O)=N1. The number of phenols is 1. The number of hydrogen-bond acceptors (Lipinski definition) is 7. The van der Waals surface area contributed by atoms with E-state index in [2.05, 4.69) is 20.9 Å². The fourth-order valence-electron chi connectivity index (χ4n) is 3.79. The van der Waals surface area contributed by atoms with Crippen molar-refractivity contribution in [3.63, 3.8) is 0 Å². The number of thiazole rings is 1. The predicted molar refractivity (Wildman–Crippen MR) is 129 cm³/mol. The lowest BCUT2D eigenvalue weighted by molar-refractivity contribution is -0.136. The van der Waals surface area contributed by atoms with E-state index in [1.165, 1.54) is 31.6 Å². The van der Waals surface area contributed by atoms with E-state index in [4.69, 9.17) is 9.47 Å². The lowest BCUT2D eigenvalue weighted by Gasteiger charge is -2.25. The van der Waals surface area contributed by atoms with Crippen LogP contribution in [-0.2, 0) is 9.53 Å². The molecule has 0 unspecified atom stereocenters. The maximum Gasteiger partial charge on any atom is 0.338 e. The van der Waals surface area contributed by atoms with Crippen molar-refractivity contribution in [1.29, 1.82) is 0 Å². The Morgan fingerprint density at radius 2 is 2.00 bits per heavy atom. The molecule has 1 aliphatic heterocycles. The Balaban J connectivity index is 2.00. The third-order valence-electron chi connectivity index (χ3n) is 5.35. The molecule has 0 bridgehead atoms. The largest absolute Gasteiger partial charge is 0.504 e. The van der Waals surface area contributed by atoms with Crippen molar-refractivity contribution in [3.8, 4) is 11.5 Å². The Morgan fingerprint density at radius 1 is 1.27 bits per heavy atom. The van der Waals surface area contributed by atoms with Crippen LogP contribution in [0, 0.1) is 0 Å². The summed E-state index contributed by atoms with van der Waals surface area (Å²) in [5.74, 6) is -0.229. The molecule has 0 aliphatic carbocycles. The van der Waals surface area contributed by atoms with Crippen molar-refractivity contribution in [2.75, 3.05) is 14.2 Å². The van der Waals surface area contributed by atoms with Gasteiger partial charge in [0.05, 0.1) is 36.1 Å². The smallest absolute Gasteiger partial charge is 0.338 e. The number of nitrogens with zero attached hydrogens (tertiary/aromatic N) is 2. The average Bonchev–Trinajstić information content (AvgIpc) is 3.14. The first-order valence-electron chi connectivity index (χ1n) is 10.1. The summed E-state index contributed by atoms with van der Waals surface area (Å²) in [5.41, 5.74) is 2.13. The third kappa shape index (κ3) is 4.14. The minimum atomic E-state index is -0.648. The highest BCUT2D eigenvalue weighted by atomic mass is 79.9. The van der Waals surface area contributed by atoms with Gasteiger partial charge in [-0.1, -0.05) is 64.5 Å². The van der Waals surface area contributed by atoms with E-state index >= 15 is 0 Å². The topological polar surface area (TPSA) is 90.1 Å². The van der Waals surface area contributed by atoms with Gasteiger partial charge in [0, 0.05) is 4.47 Å². The number of hydrogen-bond donors (Lipinski definition) is 1. The first-order valence-corrected chi connectivity index (χ1v) is 11.7. The van der Waals surface area contributed by atoms with Crippen LogP contribution in [-0.4, -0.2) is 29.9 Å². The van der Waals surface area contributed by atoms with Crippen LogP contribution in [0.2, 0.25) is 0 Å². The number of aromatic nitrogens is 1. The number of esters is 1. The van der Waals surface area contributed by atoms with E-state index < -0.39 is 12.0 Å². The molecular formula is C24H21BrN2O5S. The average molecular weight is 529 g/mol. The molecule has 0 saturated carbocycles. The molecule has 7 nitrogen and oxygen atoms in total. The Labute approximate surface area is 202 Å². The second kappa shape index (κ2) is 9.36. The van der Waals surface area contributed by atoms with Crippen molar-refractivity contribution >= 4 is 39.3 Å². The van der Waals surface area contributed by atoms with E-state index in [-0.39, 0.29) is 11.3 Å². The fraction of sp³-hybridized carbons (Fsp3) is 0.208. The molecule has 0 saturated heterocycles. The number of aromatic hydroxyl groups is 1. The molecule has 0 fully saturated rings. The van der Waals surface area contributed by atoms with Crippen LogP contribution >= 0.6 is 27.3 Å². The number of fused-ring (bicyclic) bond motifs is 1. The van der Waals surface area contributed by atoms with Gasteiger partial charge in [-0.2, -0.15) is 0 Å². The molecule has 33 heavy (non-hydrogen) atoms. The minimum Gasteiger partial charge on any atom is -0.504 e. The summed E-state index contributed by atoms with van der Waals surface area (Å²) in [6.45, 7) is 1.91. The summed E-state index contributed by atoms with van der Waals surface area (Å²) in [5, 5.41) is 9.99. The molecule has 1 atom stereocenters. The molecule has 1 aromatic heterocycles. The van der Waals surface area contributed by atoms with Gasteiger partial charge in [0.2, 0.25) is 0 Å². The van der Waals surface area contributed by atoms with Crippen molar-refractivity contribution in [1.82, 2.24) is 4.57 Å². The highest BCUT2D eigenvalue weighted by molar-refractivity contribution is 9.10. The zero-order valence-corrected chi connectivity index (χ0v) is 20.6. The summed E-state index contributed by atoms with van der Waals surface area (Å²) in [7, 11) is 2.78. The van der Waals surface area contributed by atoms with E-state index in [9.17, 15) is 14.7 Å². The predicted octanol–water partition coefficient (Wildman–Crippen LogP) is 3.28. The highest BCUT2D eigenvalue weighted by Crippen LogP contribution is 2.33. The van der Waals surface area contributed by atoms with Crippen molar-refractivity contribution in [2.45, 2.75) is 19.4 Å². The van der Waals surface area contributed by atoms with Gasteiger partial charge in [-0.3, -0.25) is 9.36 Å². The summed E-state index contributed by atoms with van der Waals surface area (Å²) in [4.78, 5) is 31.5. The molecule has 170 valence electrons. The zero-order chi connectivity index (χ0) is 23.7. The van der Waals surface area contributed by atoms with Gasteiger partial charge in [-0.15, -0.1) is 0 Å². The number of carbonyl (C=O) groups excluding carboxylic acids is 1. The normalized spacial score (nSPS) is 15.8.